The molecule has 0 bridgehead atoms. The molecule has 1 rings (SSSR count). The molecule has 0 unspecified atom stereocenters. The largest absolute Gasteiger partial charge is 0.481 e. The second kappa shape index (κ2) is 3.88. The Hall–Kier alpha value is -1.59. The summed E-state index contributed by atoms with van der Waals surface area (Å²) in [5.41, 5.74) is -1.39. The van der Waals surface area contributed by atoms with Crippen molar-refractivity contribution in [1.29, 1.82) is 5.41 Å². The Morgan fingerprint density at radius 2 is 1.87 bits per heavy atom. The summed E-state index contributed by atoms with van der Waals surface area (Å²) in [7, 11) is 1.13. The number of rotatable bonds is 1. The van der Waals surface area contributed by atoms with Gasteiger partial charge in [0.2, 0.25) is 5.90 Å². The molecule has 1 N–H and O–H groups in total. The number of alkyl halides is 3. The topological polar surface area (TPSA) is 33.1 Å². The van der Waals surface area contributed by atoms with E-state index in [0.717, 1.165) is 13.2 Å². The molecular formula is C9H7F4NO. The van der Waals surface area contributed by atoms with E-state index >= 15 is 0 Å². The summed E-state index contributed by atoms with van der Waals surface area (Å²) in [6.07, 6.45) is -4.63. The molecule has 1 aromatic carbocycles. The second-order valence-electron chi connectivity index (χ2n) is 2.76. The summed E-state index contributed by atoms with van der Waals surface area (Å²) in [5, 5.41) is 7.12. The van der Waals surface area contributed by atoms with Crippen LogP contribution < -0.4 is 0 Å². The van der Waals surface area contributed by atoms with E-state index in [1.54, 1.807) is 0 Å². The van der Waals surface area contributed by atoms with Crippen LogP contribution in [0.3, 0.4) is 0 Å². The minimum Gasteiger partial charge on any atom is -0.481 e. The van der Waals surface area contributed by atoms with E-state index in [4.69, 9.17) is 5.41 Å². The van der Waals surface area contributed by atoms with Crippen molar-refractivity contribution in [3.05, 3.63) is 35.1 Å². The van der Waals surface area contributed by atoms with Crippen LogP contribution in [-0.2, 0) is 10.9 Å². The molecule has 0 amide bonds. The van der Waals surface area contributed by atoms with E-state index in [1.165, 1.54) is 0 Å². The van der Waals surface area contributed by atoms with Gasteiger partial charge in [-0.1, -0.05) is 0 Å². The smallest absolute Gasteiger partial charge is 0.416 e. The molecule has 0 aliphatic rings. The zero-order valence-corrected chi connectivity index (χ0v) is 7.65. The predicted octanol–water partition coefficient (Wildman–Crippen LogP) is 2.82. The maximum absolute atomic E-state index is 12.8. The quantitative estimate of drug-likeness (QED) is 0.441. The van der Waals surface area contributed by atoms with Crippen molar-refractivity contribution in [3.63, 3.8) is 0 Å². The lowest BCUT2D eigenvalue weighted by Crippen LogP contribution is -2.09. The molecule has 0 saturated heterocycles. The predicted molar refractivity (Wildman–Crippen MR) is 45.2 cm³/mol. The van der Waals surface area contributed by atoms with Crippen molar-refractivity contribution in [3.8, 4) is 0 Å². The monoisotopic (exact) mass is 221 g/mol. The van der Waals surface area contributed by atoms with Crippen molar-refractivity contribution in [2.24, 2.45) is 0 Å². The molecule has 0 saturated carbocycles. The zero-order valence-electron chi connectivity index (χ0n) is 7.65. The lowest BCUT2D eigenvalue weighted by atomic mass is 10.1. The van der Waals surface area contributed by atoms with Crippen LogP contribution in [0.2, 0.25) is 0 Å². The highest BCUT2D eigenvalue weighted by molar-refractivity contribution is 5.91. The standard InChI is InChI=1S/C9H7F4NO/c1-15-8(14)5-2-6(9(11,12)13)4-7(10)3-5/h2-4,14H,1H3. The zero-order chi connectivity index (χ0) is 11.6. The van der Waals surface area contributed by atoms with Gasteiger partial charge >= 0.3 is 6.18 Å². The van der Waals surface area contributed by atoms with Crippen molar-refractivity contribution in [2.75, 3.05) is 7.11 Å². The van der Waals surface area contributed by atoms with E-state index < -0.39 is 23.5 Å². The van der Waals surface area contributed by atoms with Crippen molar-refractivity contribution in [1.82, 2.24) is 0 Å². The molecule has 15 heavy (non-hydrogen) atoms. The van der Waals surface area contributed by atoms with Crippen LogP contribution in [0.1, 0.15) is 11.1 Å². The molecule has 0 radical (unpaired) electrons. The first-order valence-electron chi connectivity index (χ1n) is 3.85. The molecule has 0 heterocycles. The average Bonchev–Trinajstić information content (AvgIpc) is 2.14. The first kappa shape index (κ1) is 11.5. The van der Waals surface area contributed by atoms with Crippen LogP contribution in [0, 0.1) is 11.2 Å². The molecule has 0 atom stereocenters. The van der Waals surface area contributed by atoms with Crippen molar-refractivity contribution in [2.45, 2.75) is 6.18 Å². The van der Waals surface area contributed by atoms with E-state index in [9.17, 15) is 17.6 Å². The number of methoxy groups -OCH3 is 1. The third kappa shape index (κ3) is 2.68. The first-order valence-corrected chi connectivity index (χ1v) is 3.85. The number of hydrogen-bond acceptors (Lipinski definition) is 2. The van der Waals surface area contributed by atoms with Gasteiger partial charge in [-0.3, -0.25) is 5.41 Å². The van der Waals surface area contributed by atoms with Crippen LogP contribution in [0.4, 0.5) is 17.6 Å². The maximum atomic E-state index is 12.8. The van der Waals surface area contributed by atoms with Gasteiger partial charge in [-0.2, -0.15) is 13.2 Å². The molecule has 1 aromatic rings. The van der Waals surface area contributed by atoms with E-state index in [0.29, 0.717) is 12.1 Å². The third-order valence-corrected chi connectivity index (χ3v) is 1.69. The van der Waals surface area contributed by atoms with E-state index in [-0.39, 0.29) is 5.56 Å². The summed E-state index contributed by atoms with van der Waals surface area (Å²) >= 11 is 0. The highest BCUT2D eigenvalue weighted by Gasteiger charge is 2.31. The number of benzene rings is 1. The maximum Gasteiger partial charge on any atom is 0.416 e. The van der Waals surface area contributed by atoms with Gasteiger partial charge in [0.1, 0.15) is 5.82 Å². The first-order chi connectivity index (χ1) is 6.84. The van der Waals surface area contributed by atoms with Gasteiger partial charge in [0, 0.05) is 5.56 Å². The molecule has 6 heteroatoms. The number of halogens is 4. The molecule has 0 fully saturated rings. The van der Waals surface area contributed by atoms with E-state index in [1.807, 2.05) is 0 Å². The molecule has 0 aromatic heterocycles. The Bertz CT molecular complexity index is 386. The minimum atomic E-state index is -4.63. The molecule has 82 valence electrons. The highest BCUT2D eigenvalue weighted by Crippen LogP contribution is 2.30. The van der Waals surface area contributed by atoms with Gasteiger partial charge in [0.15, 0.2) is 0 Å². The van der Waals surface area contributed by atoms with Crippen molar-refractivity contribution >= 4 is 5.90 Å². The minimum absolute atomic E-state index is 0.246. The lowest BCUT2D eigenvalue weighted by molar-refractivity contribution is -0.137. The fourth-order valence-corrected chi connectivity index (χ4v) is 1.00. The summed E-state index contributed by atoms with van der Waals surface area (Å²) in [5.74, 6) is -1.57. The summed E-state index contributed by atoms with van der Waals surface area (Å²) < 4.78 is 53.9. The Morgan fingerprint density at radius 1 is 1.27 bits per heavy atom. The van der Waals surface area contributed by atoms with Gasteiger partial charge in [-0.05, 0) is 18.2 Å². The SMILES string of the molecule is COC(=N)c1cc(F)cc(C(F)(F)F)c1. The van der Waals surface area contributed by atoms with Crippen LogP contribution in [0.25, 0.3) is 0 Å². The number of nitrogens with one attached hydrogen (secondary N) is 1. The van der Waals surface area contributed by atoms with Crippen molar-refractivity contribution < 1.29 is 22.3 Å². The fraction of sp³-hybridized carbons (Fsp3) is 0.222. The molecule has 2 nitrogen and oxygen atoms in total. The normalized spacial score (nSPS) is 11.3. The molecular weight excluding hydrogens is 214 g/mol. The van der Waals surface area contributed by atoms with E-state index in [2.05, 4.69) is 4.74 Å². The second-order valence-corrected chi connectivity index (χ2v) is 2.76. The van der Waals surface area contributed by atoms with Crippen LogP contribution in [-0.4, -0.2) is 13.0 Å². The third-order valence-electron chi connectivity index (χ3n) is 1.69. The number of ether oxygens (including phenoxy) is 1. The molecule has 0 aliphatic heterocycles. The molecule has 0 aliphatic carbocycles. The van der Waals surface area contributed by atoms with Gasteiger partial charge in [0.05, 0.1) is 12.7 Å². The summed E-state index contributed by atoms with van der Waals surface area (Å²) in [6, 6.07) is 1.84. The average molecular weight is 221 g/mol. The lowest BCUT2D eigenvalue weighted by Gasteiger charge is -2.09. The summed E-state index contributed by atoms with van der Waals surface area (Å²) in [6.45, 7) is 0. The Balaban J connectivity index is 3.23. The van der Waals surface area contributed by atoms with Gasteiger partial charge in [0.25, 0.3) is 0 Å². The van der Waals surface area contributed by atoms with Gasteiger partial charge < -0.3 is 4.74 Å². The summed E-state index contributed by atoms with van der Waals surface area (Å²) in [4.78, 5) is 0. The van der Waals surface area contributed by atoms with Crippen LogP contribution in [0.5, 0.6) is 0 Å². The Kier molecular flexibility index (Phi) is 2.97. The Labute approximate surface area is 83.0 Å². The molecule has 0 spiro atoms. The van der Waals surface area contributed by atoms with Gasteiger partial charge in [-0.25, -0.2) is 4.39 Å². The van der Waals surface area contributed by atoms with Crippen LogP contribution >= 0.6 is 0 Å². The highest BCUT2D eigenvalue weighted by atomic mass is 19.4. The van der Waals surface area contributed by atoms with Crippen LogP contribution in [0.15, 0.2) is 18.2 Å². The number of hydrogen-bond donors (Lipinski definition) is 1. The van der Waals surface area contributed by atoms with Gasteiger partial charge in [-0.15, -0.1) is 0 Å². The fourth-order valence-electron chi connectivity index (χ4n) is 1.00. The Morgan fingerprint density at radius 3 is 2.33 bits per heavy atom.